The van der Waals surface area contributed by atoms with E-state index in [0.717, 1.165) is 0 Å². The highest BCUT2D eigenvalue weighted by atomic mass is 15.2. The summed E-state index contributed by atoms with van der Waals surface area (Å²) < 4.78 is 0. The summed E-state index contributed by atoms with van der Waals surface area (Å²) in [6.45, 7) is 18.7. The Kier molecular flexibility index (Phi) is 8.03. The van der Waals surface area contributed by atoms with Gasteiger partial charge in [0.25, 0.3) is 0 Å². The molecule has 0 saturated heterocycles. The molecule has 0 spiro atoms. The van der Waals surface area contributed by atoms with Gasteiger partial charge in [-0.2, -0.15) is 0 Å². The smallest absolute Gasteiger partial charge is 0.333 e. The summed E-state index contributed by atoms with van der Waals surface area (Å²) in [6, 6.07) is 67.7. The Bertz CT molecular complexity index is 3550. The van der Waals surface area contributed by atoms with Crippen molar-refractivity contribution in [1.82, 2.24) is 0 Å². The number of fused-ring (bicyclic) bond motifs is 11. The zero-order valence-corrected chi connectivity index (χ0v) is 39.2. The maximum absolute atomic E-state index is 2.72. The minimum absolute atomic E-state index is 0.0236. The summed E-state index contributed by atoms with van der Waals surface area (Å²) in [7, 11) is 0. The predicted molar refractivity (Wildman–Crippen MR) is 282 cm³/mol. The highest BCUT2D eigenvalue weighted by molar-refractivity contribution is 6.93. The van der Waals surface area contributed by atoms with Gasteiger partial charge in [-0.15, -0.1) is 0 Å². The van der Waals surface area contributed by atoms with E-state index >= 15 is 0 Å². The first-order chi connectivity index (χ1) is 31.8. The van der Waals surface area contributed by atoms with E-state index in [-0.39, 0.29) is 23.1 Å². The monoisotopic (exact) mass is 848 g/mol. The molecule has 9 aromatic carbocycles. The zero-order valence-electron chi connectivity index (χ0n) is 39.2. The van der Waals surface area contributed by atoms with Crippen molar-refractivity contribution in [1.29, 1.82) is 0 Å². The maximum Gasteiger partial charge on any atom is 0.333 e. The summed E-state index contributed by atoms with van der Waals surface area (Å²) in [4.78, 5) is 5.36. The van der Waals surface area contributed by atoms with Gasteiger partial charge in [-0.1, -0.05) is 176 Å². The van der Waals surface area contributed by atoms with Gasteiger partial charge in [-0.25, -0.2) is 0 Å². The predicted octanol–water partition coefficient (Wildman–Crippen LogP) is 15.4. The van der Waals surface area contributed by atoms with Gasteiger partial charge in [0.05, 0.1) is 0 Å². The van der Waals surface area contributed by atoms with Crippen LogP contribution in [0.2, 0.25) is 0 Å². The lowest BCUT2D eigenvalue weighted by Gasteiger charge is -2.47. The van der Waals surface area contributed by atoms with Crippen LogP contribution in [0.15, 0.2) is 176 Å². The first-order valence-corrected chi connectivity index (χ1v) is 23.8. The second kappa shape index (κ2) is 13.5. The Morgan fingerprint density at radius 2 is 1.05 bits per heavy atom. The molecule has 2 aliphatic heterocycles. The van der Waals surface area contributed by atoms with Crippen LogP contribution in [0.1, 0.15) is 81.8 Å². The van der Waals surface area contributed by atoms with E-state index in [4.69, 9.17) is 0 Å². The van der Waals surface area contributed by atoms with Crippen molar-refractivity contribution in [3.05, 3.63) is 209 Å². The molecule has 9 aromatic rings. The Morgan fingerprint density at radius 1 is 0.424 bits per heavy atom. The van der Waals surface area contributed by atoms with Gasteiger partial charge < -0.3 is 9.71 Å². The molecule has 2 nitrogen and oxygen atoms in total. The fourth-order valence-corrected chi connectivity index (χ4v) is 12.4. The Balaban J connectivity index is 1.18. The topological polar surface area (TPSA) is 6.48 Å². The van der Waals surface area contributed by atoms with Crippen LogP contribution < -0.4 is 20.6 Å². The highest BCUT2D eigenvalue weighted by Gasteiger charge is 2.48. The minimum Gasteiger partial charge on any atom is -0.376 e. The average Bonchev–Trinajstić information content (AvgIpc) is 3.69. The fraction of sp³-hybridized carbons (Fsp3) is 0.175. The molecule has 13 rings (SSSR count). The number of benzene rings is 9. The Hall–Kier alpha value is -7.10. The molecule has 2 heterocycles. The molecular weight excluding hydrogens is 796 g/mol. The first kappa shape index (κ1) is 39.3. The number of aryl methyl sites for hydroxylation is 1. The van der Waals surface area contributed by atoms with Crippen molar-refractivity contribution in [2.75, 3.05) is 9.71 Å². The van der Waals surface area contributed by atoms with Gasteiger partial charge in [-0.3, -0.25) is 0 Å². The third-order valence-electron chi connectivity index (χ3n) is 15.9. The fourth-order valence-electron chi connectivity index (χ4n) is 12.4. The largest absolute Gasteiger partial charge is 0.376 e. The van der Waals surface area contributed by atoms with Gasteiger partial charge in [0.15, 0.2) is 0 Å². The van der Waals surface area contributed by atoms with Crippen LogP contribution in [0.3, 0.4) is 0 Å². The van der Waals surface area contributed by atoms with Crippen molar-refractivity contribution in [2.45, 2.75) is 71.6 Å². The second-order valence-corrected chi connectivity index (χ2v) is 21.4. The molecule has 3 heteroatoms. The van der Waals surface area contributed by atoms with Gasteiger partial charge >= 0.3 is 6.85 Å². The van der Waals surface area contributed by atoms with Crippen molar-refractivity contribution < 1.29 is 0 Å². The minimum atomic E-state index is -0.174. The summed E-state index contributed by atoms with van der Waals surface area (Å²) in [5.74, 6) is 0. The molecule has 4 aliphatic rings. The standard InChI is InChI=1S/C63H53BN2/c1-38-30-43(61(2,3)4)26-29-56(38)65-58-37-54-48(46-23-15-17-25-52(46)63(54,7)8)36-55(58)64-60-50(32-42(34-59(60)65)39-18-10-9-11-19-39)49-31-40-20-12-13-21-41(40)33-57(49)66(64)44-27-28-53-47(35-44)45-22-14-16-24-51(45)62(53,5)6/h9-37H,1-8H3. The third kappa shape index (κ3) is 5.37. The molecular formula is C63H53BN2. The average molecular weight is 849 g/mol. The molecule has 0 amide bonds. The summed E-state index contributed by atoms with van der Waals surface area (Å²) in [6.07, 6.45) is 0. The van der Waals surface area contributed by atoms with Crippen molar-refractivity contribution >= 4 is 57.0 Å². The van der Waals surface area contributed by atoms with E-state index in [1.165, 1.54) is 128 Å². The molecule has 0 atom stereocenters. The van der Waals surface area contributed by atoms with E-state index < -0.39 is 0 Å². The summed E-state index contributed by atoms with van der Waals surface area (Å²) in [5.41, 5.74) is 27.1. The van der Waals surface area contributed by atoms with Crippen molar-refractivity contribution in [3.8, 4) is 44.5 Å². The Labute approximate surface area is 390 Å². The molecule has 0 bridgehead atoms. The molecule has 0 saturated carbocycles. The molecule has 0 fully saturated rings. The normalized spacial score (nSPS) is 15.4. The Morgan fingerprint density at radius 3 is 1.74 bits per heavy atom. The van der Waals surface area contributed by atoms with Crippen LogP contribution >= 0.6 is 0 Å². The third-order valence-corrected chi connectivity index (χ3v) is 15.9. The molecule has 0 unspecified atom stereocenters. The second-order valence-electron chi connectivity index (χ2n) is 21.4. The van der Waals surface area contributed by atoms with Crippen LogP contribution in [0.5, 0.6) is 0 Å². The van der Waals surface area contributed by atoms with Crippen molar-refractivity contribution in [2.24, 2.45) is 0 Å². The summed E-state index contributed by atoms with van der Waals surface area (Å²) >= 11 is 0. The van der Waals surface area contributed by atoms with Gasteiger partial charge in [0, 0.05) is 44.8 Å². The van der Waals surface area contributed by atoms with Crippen molar-refractivity contribution in [3.63, 3.8) is 0 Å². The van der Waals surface area contributed by atoms with E-state index in [9.17, 15) is 0 Å². The molecule has 0 N–H and O–H groups in total. The van der Waals surface area contributed by atoms with Gasteiger partial charge in [0.2, 0.25) is 0 Å². The number of hydrogen-bond donors (Lipinski definition) is 0. The molecule has 0 radical (unpaired) electrons. The number of rotatable bonds is 3. The van der Waals surface area contributed by atoms with E-state index in [1.54, 1.807) is 0 Å². The number of hydrogen-bond acceptors (Lipinski definition) is 2. The lowest BCUT2D eigenvalue weighted by molar-refractivity contribution is 0.590. The zero-order chi connectivity index (χ0) is 45.0. The van der Waals surface area contributed by atoms with Crippen LogP contribution in [0.25, 0.3) is 55.3 Å². The molecule has 2 aliphatic carbocycles. The maximum atomic E-state index is 2.72. The van der Waals surface area contributed by atoms with E-state index in [1.807, 2.05) is 0 Å². The molecule has 318 valence electrons. The molecule has 0 aromatic heterocycles. The van der Waals surface area contributed by atoms with E-state index in [0.29, 0.717) is 0 Å². The highest BCUT2D eigenvalue weighted by Crippen LogP contribution is 2.55. The van der Waals surface area contributed by atoms with E-state index in [2.05, 4.69) is 241 Å². The SMILES string of the molecule is Cc1cc(C(C)(C)C)ccc1N1c2cc3c(cc2B2c4c(cc(-c5ccccc5)cc41)-c1cc4ccccc4cc1N2c1ccc2c(c1)-c1ccccc1C2(C)C)-c1ccccc1C3(C)C. The number of anilines is 5. The lowest BCUT2D eigenvalue weighted by Crippen LogP contribution is -2.61. The lowest BCUT2D eigenvalue weighted by atomic mass is 9.43. The van der Waals surface area contributed by atoms with Crippen LogP contribution in [0.4, 0.5) is 28.4 Å². The van der Waals surface area contributed by atoms with Gasteiger partial charge in [0.1, 0.15) is 0 Å². The quantitative estimate of drug-likeness (QED) is 0.163. The van der Waals surface area contributed by atoms with Gasteiger partial charge in [-0.05, 0) is 155 Å². The first-order valence-electron chi connectivity index (χ1n) is 23.8. The van der Waals surface area contributed by atoms with Crippen LogP contribution in [-0.4, -0.2) is 6.85 Å². The van der Waals surface area contributed by atoms with Crippen LogP contribution in [-0.2, 0) is 16.2 Å². The number of nitrogens with zero attached hydrogens (tertiary/aromatic N) is 2. The van der Waals surface area contributed by atoms with Crippen LogP contribution in [0, 0.1) is 6.92 Å². The summed E-state index contributed by atoms with van der Waals surface area (Å²) in [5, 5.41) is 2.49. The molecule has 66 heavy (non-hydrogen) atoms.